The number of carbonyl (C=O) groups excluding carboxylic acids is 7. The zero-order chi connectivity index (χ0) is 23.9. The first-order valence-corrected chi connectivity index (χ1v) is 9.96. The van der Waals surface area contributed by atoms with Crippen molar-refractivity contribution in [2.45, 2.75) is 65.3 Å². The van der Waals surface area contributed by atoms with Gasteiger partial charge in [-0.05, 0) is 0 Å². The summed E-state index contributed by atoms with van der Waals surface area (Å²) in [5.41, 5.74) is 0. The molecule has 5 atom stereocenters. The molecule has 0 bridgehead atoms. The Balaban J connectivity index is 3.41. The number of amides is 1. The van der Waals surface area contributed by atoms with Gasteiger partial charge in [-0.3, -0.25) is 33.6 Å². The summed E-state index contributed by atoms with van der Waals surface area (Å²) in [6, 6.07) is -1.42. The number of rotatable bonds is 8. The van der Waals surface area contributed by atoms with Crippen LogP contribution >= 0.6 is 11.8 Å². The van der Waals surface area contributed by atoms with Crippen LogP contribution in [0.3, 0.4) is 0 Å². The fourth-order valence-electron chi connectivity index (χ4n) is 2.71. The van der Waals surface area contributed by atoms with Crippen LogP contribution in [0.2, 0.25) is 0 Å². The molecule has 31 heavy (non-hydrogen) atoms. The third kappa shape index (κ3) is 8.09. The SMILES string of the molecule is CC(=O)O[C@@H]1OC(C(=O)C(C)=O)[C@@H](OC(C)=O)[C@H](OC(C)=O)C1NC(=O)CSC(C)=O. The summed E-state index contributed by atoms with van der Waals surface area (Å²) < 4.78 is 20.7. The van der Waals surface area contributed by atoms with Gasteiger partial charge in [0.15, 0.2) is 29.2 Å². The van der Waals surface area contributed by atoms with E-state index in [4.69, 9.17) is 18.9 Å². The number of ether oxygens (including phenoxy) is 4. The minimum atomic E-state index is -1.77. The van der Waals surface area contributed by atoms with Crippen LogP contribution in [0, 0.1) is 0 Å². The van der Waals surface area contributed by atoms with E-state index in [1.807, 2.05) is 0 Å². The third-order valence-corrected chi connectivity index (χ3v) is 4.59. The van der Waals surface area contributed by atoms with Crippen molar-refractivity contribution in [2.75, 3.05) is 5.75 Å². The van der Waals surface area contributed by atoms with Crippen LogP contribution in [0.25, 0.3) is 0 Å². The van der Waals surface area contributed by atoms with Crippen LogP contribution in [0.4, 0.5) is 0 Å². The zero-order valence-electron chi connectivity index (χ0n) is 17.5. The molecule has 0 aromatic heterocycles. The number of hydrogen-bond donors (Lipinski definition) is 1. The van der Waals surface area contributed by atoms with Crippen molar-refractivity contribution < 1.29 is 52.5 Å². The molecule has 1 fully saturated rings. The van der Waals surface area contributed by atoms with E-state index in [0.29, 0.717) is 11.8 Å². The predicted molar refractivity (Wildman–Crippen MR) is 102 cm³/mol. The molecule has 1 saturated heterocycles. The number of ketones is 2. The molecule has 2 unspecified atom stereocenters. The fraction of sp³-hybridized carbons (Fsp3) is 0.611. The molecular weight excluding hydrogens is 438 g/mol. The lowest BCUT2D eigenvalue weighted by molar-refractivity contribution is -0.259. The largest absolute Gasteiger partial charge is 0.456 e. The summed E-state index contributed by atoms with van der Waals surface area (Å²) in [7, 11) is 0. The Labute approximate surface area is 181 Å². The average Bonchev–Trinajstić information content (AvgIpc) is 2.62. The lowest BCUT2D eigenvalue weighted by atomic mass is 9.92. The number of hydrogen-bond acceptors (Lipinski definition) is 12. The second-order valence-corrected chi connectivity index (χ2v) is 7.63. The van der Waals surface area contributed by atoms with E-state index in [0.717, 1.165) is 27.7 Å². The number of carbonyl (C=O) groups is 7. The predicted octanol–water partition coefficient (Wildman–Crippen LogP) is -0.940. The molecule has 0 radical (unpaired) electrons. The van der Waals surface area contributed by atoms with Crippen molar-refractivity contribution in [3.8, 4) is 0 Å². The molecule has 1 aliphatic heterocycles. The summed E-state index contributed by atoms with van der Waals surface area (Å²) in [5.74, 6) is -5.76. The van der Waals surface area contributed by atoms with Crippen molar-refractivity contribution in [3.05, 3.63) is 0 Å². The third-order valence-electron chi connectivity index (χ3n) is 3.78. The first kappa shape index (κ1) is 26.2. The van der Waals surface area contributed by atoms with Gasteiger partial charge < -0.3 is 24.3 Å². The van der Waals surface area contributed by atoms with Gasteiger partial charge in [-0.25, -0.2) is 0 Å². The Hall–Kier alpha value is -2.80. The van der Waals surface area contributed by atoms with Crippen molar-refractivity contribution in [3.63, 3.8) is 0 Å². The van der Waals surface area contributed by atoms with Crippen molar-refractivity contribution in [2.24, 2.45) is 0 Å². The van der Waals surface area contributed by atoms with E-state index in [1.165, 1.54) is 6.92 Å². The molecule has 12 nitrogen and oxygen atoms in total. The highest BCUT2D eigenvalue weighted by Gasteiger charge is 2.54. The molecule has 13 heteroatoms. The second kappa shape index (κ2) is 11.6. The molecule has 0 aliphatic carbocycles. The molecule has 1 amide bonds. The molecule has 0 aromatic carbocycles. The highest BCUT2D eigenvalue weighted by molar-refractivity contribution is 8.14. The van der Waals surface area contributed by atoms with E-state index in [9.17, 15) is 33.6 Å². The van der Waals surface area contributed by atoms with Gasteiger partial charge in [-0.15, -0.1) is 0 Å². The summed E-state index contributed by atoms with van der Waals surface area (Å²) >= 11 is 0.688. The molecule has 0 aromatic rings. The van der Waals surface area contributed by atoms with Crippen LogP contribution < -0.4 is 5.32 Å². The van der Waals surface area contributed by atoms with Gasteiger partial charge in [0, 0.05) is 34.6 Å². The van der Waals surface area contributed by atoms with E-state index < -0.39 is 66.0 Å². The van der Waals surface area contributed by atoms with Gasteiger partial charge in [0.05, 0.1) is 5.75 Å². The minimum Gasteiger partial charge on any atom is -0.456 e. The highest BCUT2D eigenvalue weighted by Crippen LogP contribution is 2.28. The van der Waals surface area contributed by atoms with Crippen LogP contribution in [0.15, 0.2) is 0 Å². The number of nitrogens with one attached hydrogen (secondary N) is 1. The summed E-state index contributed by atoms with van der Waals surface area (Å²) in [5, 5.41) is 2.06. The number of Topliss-reactive ketones (excluding diaryl/α,β-unsaturated/α-hetero) is 2. The first-order chi connectivity index (χ1) is 14.3. The Morgan fingerprint density at radius 2 is 1.32 bits per heavy atom. The molecule has 0 spiro atoms. The van der Waals surface area contributed by atoms with Gasteiger partial charge in [0.1, 0.15) is 6.04 Å². The van der Waals surface area contributed by atoms with Gasteiger partial charge in [-0.1, -0.05) is 11.8 Å². The van der Waals surface area contributed by atoms with Crippen LogP contribution in [-0.4, -0.2) is 76.9 Å². The molecule has 1 rings (SSSR count). The molecule has 0 saturated carbocycles. The summed E-state index contributed by atoms with van der Waals surface area (Å²) in [6.45, 7) is 5.25. The lowest BCUT2D eigenvalue weighted by Crippen LogP contribution is -2.68. The van der Waals surface area contributed by atoms with Crippen LogP contribution in [0.5, 0.6) is 0 Å². The Morgan fingerprint density at radius 1 is 0.806 bits per heavy atom. The summed E-state index contributed by atoms with van der Waals surface area (Å²) in [4.78, 5) is 82.3. The maximum atomic E-state index is 12.4. The highest BCUT2D eigenvalue weighted by atomic mass is 32.2. The van der Waals surface area contributed by atoms with E-state index in [-0.39, 0.29) is 10.9 Å². The van der Waals surface area contributed by atoms with E-state index >= 15 is 0 Å². The number of esters is 3. The maximum Gasteiger partial charge on any atom is 0.305 e. The van der Waals surface area contributed by atoms with Crippen LogP contribution in [0.1, 0.15) is 34.6 Å². The quantitative estimate of drug-likeness (QED) is 0.268. The standard InChI is InChI=1S/C18H23NO11S/c1-7(20)14(26)16-17(28-9(3)22)15(27-8(2)21)13(18(30-16)29-10(4)23)19-12(25)6-31-11(5)24/h13,15-18H,6H2,1-5H3,(H,19,25)/t13?,15-,16?,17+,18-/m1/s1. The van der Waals surface area contributed by atoms with Crippen LogP contribution in [-0.2, 0) is 52.5 Å². The first-order valence-electron chi connectivity index (χ1n) is 8.98. The number of thioether (sulfide) groups is 1. The smallest absolute Gasteiger partial charge is 0.305 e. The van der Waals surface area contributed by atoms with E-state index in [2.05, 4.69) is 5.32 Å². The summed E-state index contributed by atoms with van der Waals surface area (Å²) in [6.07, 6.45) is -6.63. The van der Waals surface area contributed by atoms with Gasteiger partial charge in [0.2, 0.25) is 18.0 Å². The molecule has 1 aliphatic rings. The molecule has 1 N–H and O–H groups in total. The van der Waals surface area contributed by atoms with E-state index in [1.54, 1.807) is 0 Å². The normalized spacial score (nSPS) is 25.0. The Bertz CT molecular complexity index is 780. The Kier molecular flexibility index (Phi) is 9.78. The topological polar surface area (TPSA) is 168 Å². The molecule has 1 heterocycles. The molecular formula is C18H23NO11S. The van der Waals surface area contributed by atoms with Gasteiger partial charge in [-0.2, -0.15) is 0 Å². The monoisotopic (exact) mass is 461 g/mol. The van der Waals surface area contributed by atoms with Crippen molar-refractivity contribution >= 4 is 52.3 Å². The fourth-order valence-corrected chi connectivity index (χ4v) is 3.13. The molecule has 172 valence electrons. The average molecular weight is 461 g/mol. The lowest BCUT2D eigenvalue weighted by Gasteiger charge is -2.43. The Morgan fingerprint density at radius 3 is 1.77 bits per heavy atom. The maximum absolute atomic E-state index is 12.4. The van der Waals surface area contributed by atoms with Crippen molar-refractivity contribution in [1.82, 2.24) is 5.32 Å². The van der Waals surface area contributed by atoms with Crippen molar-refractivity contribution in [1.29, 1.82) is 0 Å². The second-order valence-electron chi connectivity index (χ2n) is 6.48. The van der Waals surface area contributed by atoms with Gasteiger partial charge in [0.25, 0.3) is 0 Å². The van der Waals surface area contributed by atoms with Gasteiger partial charge >= 0.3 is 17.9 Å². The zero-order valence-corrected chi connectivity index (χ0v) is 18.3. The minimum absolute atomic E-state index is 0.320.